The lowest BCUT2D eigenvalue weighted by atomic mass is 10.1. The second-order valence-corrected chi connectivity index (χ2v) is 8.43. The molecule has 2 amide bonds. The first-order valence-electron chi connectivity index (χ1n) is 10.1. The van der Waals surface area contributed by atoms with Gasteiger partial charge in [-0.05, 0) is 57.0 Å². The van der Waals surface area contributed by atoms with Gasteiger partial charge in [0, 0.05) is 17.6 Å². The summed E-state index contributed by atoms with van der Waals surface area (Å²) in [5, 5.41) is 2.92. The lowest BCUT2D eigenvalue weighted by Gasteiger charge is -2.22. The largest absolute Gasteiger partial charge is 0.490 e. The van der Waals surface area contributed by atoms with Crippen LogP contribution < -0.4 is 10.1 Å². The number of carbonyl (C=O) groups is 2. The average Bonchev–Trinajstić information content (AvgIpc) is 2.98. The first-order chi connectivity index (χ1) is 14.0. The van der Waals surface area contributed by atoms with Crippen molar-refractivity contribution in [2.75, 3.05) is 18.4 Å². The van der Waals surface area contributed by atoms with Crippen molar-refractivity contribution in [3.8, 4) is 5.75 Å². The molecule has 154 valence electrons. The fourth-order valence-electron chi connectivity index (χ4n) is 3.45. The summed E-state index contributed by atoms with van der Waals surface area (Å²) in [7, 11) is 0. The van der Waals surface area contributed by atoms with Gasteiger partial charge in [-0.15, -0.1) is 0 Å². The van der Waals surface area contributed by atoms with Crippen LogP contribution in [0.15, 0.2) is 46.9 Å². The van der Waals surface area contributed by atoms with E-state index in [1.54, 1.807) is 24.3 Å². The van der Waals surface area contributed by atoms with Crippen LogP contribution in [-0.2, 0) is 0 Å². The summed E-state index contributed by atoms with van der Waals surface area (Å²) in [4.78, 5) is 28.0. The summed E-state index contributed by atoms with van der Waals surface area (Å²) < 4.78 is 6.57. The van der Waals surface area contributed by atoms with E-state index in [1.165, 1.54) is 0 Å². The van der Waals surface area contributed by atoms with E-state index in [0.29, 0.717) is 22.6 Å². The number of carbonyl (C=O) groups excluding carboxylic acids is 2. The fourth-order valence-corrected chi connectivity index (χ4v) is 3.81. The van der Waals surface area contributed by atoms with Gasteiger partial charge < -0.3 is 15.0 Å². The van der Waals surface area contributed by atoms with Gasteiger partial charge in [-0.1, -0.05) is 40.9 Å². The smallest absolute Gasteiger partial charge is 0.259 e. The van der Waals surface area contributed by atoms with Crippen molar-refractivity contribution in [1.82, 2.24) is 4.90 Å². The molecule has 1 saturated heterocycles. The summed E-state index contributed by atoms with van der Waals surface area (Å²) in [6.07, 6.45) is 4.30. The second-order valence-electron chi connectivity index (χ2n) is 7.51. The zero-order valence-corrected chi connectivity index (χ0v) is 18.5. The lowest BCUT2D eigenvalue weighted by Crippen LogP contribution is -2.32. The topological polar surface area (TPSA) is 58.6 Å². The molecule has 2 aromatic rings. The van der Waals surface area contributed by atoms with E-state index in [9.17, 15) is 9.59 Å². The Hall–Kier alpha value is -2.34. The van der Waals surface area contributed by atoms with Crippen LogP contribution in [0.25, 0.3) is 0 Å². The van der Waals surface area contributed by atoms with Gasteiger partial charge in [-0.2, -0.15) is 0 Å². The van der Waals surface area contributed by atoms with Crippen molar-refractivity contribution in [1.29, 1.82) is 0 Å². The highest BCUT2D eigenvalue weighted by atomic mass is 79.9. The van der Waals surface area contributed by atoms with Crippen LogP contribution >= 0.6 is 15.9 Å². The van der Waals surface area contributed by atoms with Crippen LogP contribution in [0.3, 0.4) is 0 Å². The standard InChI is InChI=1S/C23H27BrN2O3/c1-16(2)29-21-12-11-17(24)15-19(21)22(27)25-20-10-6-5-9-18(20)23(28)26-13-7-3-4-8-14-26/h5-6,9-12,15-16H,3-4,7-8,13-14H2,1-2H3,(H,25,27). The SMILES string of the molecule is CC(C)Oc1ccc(Br)cc1C(=O)Nc1ccccc1C(=O)N1CCCCCC1. The van der Waals surface area contributed by atoms with E-state index in [4.69, 9.17) is 4.74 Å². The Kier molecular flexibility index (Phi) is 7.31. The van der Waals surface area contributed by atoms with Gasteiger partial charge in [0.15, 0.2) is 0 Å². The molecular formula is C23H27BrN2O3. The zero-order valence-electron chi connectivity index (χ0n) is 16.9. The number of ether oxygens (including phenoxy) is 1. The maximum atomic E-state index is 13.1. The van der Waals surface area contributed by atoms with E-state index < -0.39 is 0 Å². The number of para-hydroxylation sites is 1. The summed E-state index contributed by atoms with van der Waals surface area (Å²) in [6.45, 7) is 5.36. The van der Waals surface area contributed by atoms with E-state index in [2.05, 4.69) is 21.2 Å². The van der Waals surface area contributed by atoms with E-state index in [1.807, 2.05) is 36.9 Å². The molecule has 1 aliphatic heterocycles. The van der Waals surface area contributed by atoms with Gasteiger partial charge in [-0.3, -0.25) is 9.59 Å². The van der Waals surface area contributed by atoms with Gasteiger partial charge in [0.1, 0.15) is 5.75 Å². The van der Waals surface area contributed by atoms with Crippen LogP contribution in [0, 0.1) is 0 Å². The second kappa shape index (κ2) is 9.92. The third-order valence-corrected chi connectivity index (χ3v) is 5.34. The minimum atomic E-state index is -0.307. The first kappa shape index (κ1) is 21.4. The quantitative estimate of drug-likeness (QED) is 0.642. The molecule has 0 aliphatic carbocycles. The molecular weight excluding hydrogens is 432 g/mol. The van der Waals surface area contributed by atoms with Crippen LogP contribution in [0.2, 0.25) is 0 Å². The molecule has 5 nitrogen and oxygen atoms in total. The van der Waals surface area contributed by atoms with Crippen molar-refractivity contribution in [2.24, 2.45) is 0 Å². The molecule has 29 heavy (non-hydrogen) atoms. The summed E-state index contributed by atoms with van der Waals surface area (Å²) >= 11 is 3.42. The maximum absolute atomic E-state index is 13.1. The fraction of sp³-hybridized carbons (Fsp3) is 0.391. The summed E-state index contributed by atoms with van der Waals surface area (Å²) in [6, 6.07) is 12.5. The van der Waals surface area contributed by atoms with E-state index in [0.717, 1.165) is 43.2 Å². The number of nitrogens with zero attached hydrogens (tertiary/aromatic N) is 1. The number of anilines is 1. The predicted molar refractivity (Wildman–Crippen MR) is 119 cm³/mol. The number of likely N-dealkylation sites (tertiary alicyclic amines) is 1. The molecule has 2 aromatic carbocycles. The van der Waals surface area contributed by atoms with Crippen molar-refractivity contribution in [3.63, 3.8) is 0 Å². The molecule has 0 radical (unpaired) electrons. The Labute approximate surface area is 180 Å². The number of hydrogen-bond acceptors (Lipinski definition) is 3. The minimum absolute atomic E-state index is 0.0318. The summed E-state index contributed by atoms with van der Waals surface area (Å²) in [5.74, 6) is 0.172. The lowest BCUT2D eigenvalue weighted by molar-refractivity contribution is 0.0762. The average molecular weight is 459 g/mol. The Balaban J connectivity index is 1.85. The number of amides is 2. The van der Waals surface area contributed by atoms with Gasteiger partial charge in [-0.25, -0.2) is 0 Å². The van der Waals surface area contributed by atoms with Gasteiger partial charge in [0.25, 0.3) is 11.8 Å². The molecule has 3 rings (SSSR count). The molecule has 0 unspecified atom stereocenters. The number of halogens is 1. The van der Waals surface area contributed by atoms with Gasteiger partial charge in [0.05, 0.1) is 22.9 Å². The Morgan fingerprint density at radius 2 is 1.69 bits per heavy atom. The van der Waals surface area contributed by atoms with Crippen LogP contribution in [0.4, 0.5) is 5.69 Å². The predicted octanol–water partition coefficient (Wildman–Crippen LogP) is 5.50. The Morgan fingerprint density at radius 3 is 2.38 bits per heavy atom. The van der Waals surface area contributed by atoms with Gasteiger partial charge >= 0.3 is 0 Å². The van der Waals surface area contributed by atoms with Crippen molar-refractivity contribution >= 4 is 33.4 Å². The molecule has 1 aliphatic rings. The third kappa shape index (κ3) is 5.60. The highest BCUT2D eigenvalue weighted by molar-refractivity contribution is 9.10. The van der Waals surface area contributed by atoms with Crippen molar-refractivity contribution in [3.05, 3.63) is 58.1 Å². The van der Waals surface area contributed by atoms with Crippen LogP contribution in [-0.4, -0.2) is 35.9 Å². The van der Waals surface area contributed by atoms with E-state index in [-0.39, 0.29) is 17.9 Å². The first-order valence-corrected chi connectivity index (χ1v) is 10.9. The number of benzene rings is 2. The molecule has 0 spiro atoms. The van der Waals surface area contributed by atoms with Crippen LogP contribution in [0.1, 0.15) is 60.2 Å². The van der Waals surface area contributed by atoms with Crippen molar-refractivity contribution < 1.29 is 14.3 Å². The maximum Gasteiger partial charge on any atom is 0.259 e. The third-order valence-electron chi connectivity index (χ3n) is 4.85. The van der Waals surface area contributed by atoms with E-state index >= 15 is 0 Å². The van der Waals surface area contributed by atoms with Gasteiger partial charge in [0.2, 0.25) is 0 Å². The molecule has 0 saturated carbocycles. The van der Waals surface area contributed by atoms with Crippen LogP contribution in [0.5, 0.6) is 5.75 Å². The summed E-state index contributed by atoms with van der Waals surface area (Å²) in [5.41, 5.74) is 1.45. The van der Waals surface area contributed by atoms with Crippen molar-refractivity contribution in [2.45, 2.75) is 45.6 Å². The molecule has 0 aromatic heterocycles. The zero-order chi connectivity index (χ0) is 20.8. The molecule has 1 fully saturated rings. The Bertz CT molecular complexity index is 874. The molecule has 1 N–H and O–H groups in total. The number of rotatable bonds is 5. The molecule has 0 atom stereocenters. The monoisotopic (exact) mass is 458 g/mol. The molecule has 6 heteroatoms. The highest BCUT2D eigenvalue weighted by Gasteiger charge is 2.22. The normalized spacial score (nSPS) is 14.4. The minimum Gasteiger partial charge on any atom is -0.490 e. The highest BCUT2D eigenvalue weighted by Crippen LogP contribution is 2.27. The number of hydrogen-bond donors (Lipinski definition) is 1. The molecule has 1 heterocycles. The Morgan fingerprint density at radius 1 is 1.00 bits per heavy atom. The molecule has 0 bridgehead atoms. The number of nitrogens with one attached hydrogen (secondary N) is 1.